The zero-order valence-electron chi connectivity index (χ0n) is 20.4. The fourth-order valence-corrected chi connectivity index (χ4v) is 6.31. The number of carbonyl (C=O) groups excluding carboxylic acids is 1. The molecular weight excluding hydrogens is 582 g/mol. The lowest BCUT2D eigenvalue weighted by molar-refractivity contribution is -0.604. The van der Waals surface area contributed by atoms with Crippen molar-refractivity contribution in [1.29, 1.82) is 0 Å². The number of likely N-dealkylation sites (tertiary alicyclic amines) is 2. The molecule has 2 aliphatic heterocycles. The minimum absolute atomic E-state index is 0.0590. The third-order valence-corrected chi connectivity index (χ3v) is 8.10. The van der Waals surface area contributed by atoms with Crippen LogP contribution in [0.25, 0.3) is 0 Å². The van der Waals surface area contributed by atoms with Crippen molar-refractivity contribution in [2.75, 3.05) is 25.0 Å². The highest BCUT2D eigenvalue weighted by Gasteiger charge is 2.67. The van der Waals surface area contributed by atoms with E-state index in [9.17, 15) is 29.4 Å². The summed E-state index contributed by atoms with van der Waals surface area (Å²) in [6.45, 7) is 5.95. The van der Waals surface area contributed by atoms with Gasteiger partial charge in [-0.15, -0.1) is 0 Å². The Morgan fingerprint density at radius 2 is 1.89 bits per heavy atom. The summed E-state index contributed by atoms with van der Waals surface area (Å²) in [4.78, 5) is 28.5. The highest BCUT2D eigenvalue weighted by Crippen LogP contribution is 2.52. The van der Waals surface area contributed by atoms with E-state index in [0.717, 1.165) is 12.6 Å². The number of β-amino-alcohol motifs (C(OH)–C–C–N with tert-alkyl or cyclic N) is 1. The van der Waals surface area contributed by atoms with Crippen molar-refractivity contribution in [3.8, 4) is 0 Å². The molecule has 11 heteroatoms. The molecule has 0 spiro atoms. The summed E-state index contributed by atoms with van der Waals surface area (Å²) in [6.07, 6.45) is 3.22. The van der Waals surface area contributed by atoms with Crippen molar-refractivity contribution in [2.24, 2.45) is 5.41 Å². The largest absolute Gasteiger partial charge is 0.619 e. The molecule has 1 atom stereocenters. The second kappa shape index (κ2) is 9.33. The molecule has 2 aromatic rings. The predicted octanol–water partition coefficient (Wildman–Crippen LogP) is 3.94. The third-order valence-electron chi connectivity index (χ3n) is 7.43. The minimum atomic E-state index is -1.44. The maximum absolute atomic E-state index is 14.4. The van der Waals surface area contributed by atoms with Gasteiger partial charge in [0.25, 0.3) is 5.91 Å². The Morgan fingerprint density at radius 3 is 2.50 bits per heavy atom. The first-order valence-electron chi connectivity index (χ1n) is 11.8. The number of carbonyl (C=O) groups is 2. The normalized spacial score (nSPS) is 21.6. The molecule has 0 aliphatic carbocycles. The van der Waals surface area contributed by atoms with E-state index >= 15 is 0 Å². The number of anilines is 2. The van der Waals surface area contributed by atoms with E-state index in [1.165, 1.54) is 34.2 Å². The van der Waals surface area contributed by atoms with Gasteiger partial charge in [0.1, 0.15) is 17.1 Å². The summed E-state index contributed by atoms with van der Waals surface area (Å²) in [7, 11) is 0. The van der Waals surface area contributed by atoms with Gasteiger partial charge < -0.3 is 25.6 Å². The van der Waals surface area contributed by atoms with E-state index in [4.69, 9.17) is 0 Å². The van der Waals surface area contributed by atoms with Crippen molar-refractivity contribution < 1.29 is 28.9 Å². The van der Waals surface area contributed by atoms with E-state index in [-0.39, 0.29) is 30.0 Å². The molecular formula is C25H30FIN4O5. The number of amides is 2. The van der Waals surface area contributed by atoms with Crippen LogP contribution in [0.3, 0.4) is 0 Å². The van der Waals surface area contributed by atoms with Gasteiger partial charge >= 0.3 is 6.09 Å². The van der Waals surface area contributed by atoms with Crippen LogP contribution in [0, 0.1) is 20.0 Å². The van der Waals surface area contributed by atoms with Gasteiger partial charge in [-0.05, 0) is 65.5 Å². The van der Waals surface area contributed by atoms with E-state index in [0.29, 0.717) is 27.7 Å². The van der Waals surface area contributed by atoms with Crippen LogP contribution in [0.4, 0.5) is 20.6 Å². The lowest BCUT2D eigenvalue weighted by Gasteiger charge is -2.66. The van der Waals surface area contributed by atoms with E-state index in [2.05, 4.69) is 5.32 Å². The number of hydrogen-bond acceptors (Lipinski definition) is 5. The fourth-order valence-electron chi connectivity index (χ4n) is 5.86. The molecule has 2 saturated heterocycles. The molecule has 2 fully saturated rings. The summed E-state index contributed by atoms with van der Waals surface area (Å²) < 4.78 is 15.6. The molecule has 4 rings (SSSR count). The van der Waals surface area contributed by atoms with Crippen molar-refractivity contribution in [2.45, 2.75) is 51.2 Å². The summed E-state index contributed by atoms with van der Waals surface area (Å²) in [5, 5.41) is 36.6. The SMILES string of the molecule is CC(C)(C)[C@]1(C2(O)CN(C(=O)c3cc[n+]([O-])cc3Nc3ccc(I)cc3F)C2)CCCCN1C(=O)O. The third kappa shape index (κ3) is 4.36. The number of halogens is 2. The summed E-state index contributed by atoms with van der Waals surface area (Å²) in [5.41, 5.74) is -2.72. The van der Waals surface area contributed by atoms with Crippen LogP contribution in [0.5, 0.6) is 0 Å². The number of rotatable bonds is 4. The first-order valence-corrected chi connectivity index (χ1v) is 12.8. The maximum atomic E-state index is 14.4. The number of piperidine rings is 1. The van der Waals surface area contributed by atoms with Crippen molar-refractivity contribution in [3.63, 3.8) is 0 Å². The molecule has 0 unspecified atom stereocenters. The molecule has 3 heterocycles. The number of nitrogens with one attached hydrogen (secondary N) is 1. The number of pyridine rings is 1. The van der Waals surface area contributed by atoms with E-state index < -0.39 is 34.4 Å². The molecule has 36 heavy (non-hydrogen) atoms. The Bertz CT molecular complexity index is 1200. The van der Waals surface area contributed by atoms with Crippen LogP contribution in [-0.4, -0.2) is 62.8 Å². The molecule has 0 radical (unpaired) electrons. The number of nitrogens with zero attached hydrogens (tertiary/aromatic N) is 3. The lowest BCUT2D eigenvalue weighted by Crippen LogP contribution is -2.82. The molecule has 1 aromatic heterocycles. The first kappa shape index (κ1) is 26.4. The van der Waals surface area contributed by atoms with Gasteiger partial charge in [-0.3, -0.25) is 9.69 Å². The van der Waals surface area contributed by atoms with Gasteiger partial charge in [-0.25, -0.2) is 9.18 Å². The zero-order valence-corrected chi connectivity index (χ0v) is 22.6. The lowest BCUT2D eigenvalue weighted by atomic mass is 9.56. The zero-order chi connectivity index (χ0) is 26.5. The topological polar surface area (TPSA) is 120 Å². The second-order valence-electron chi connectivity index (χ2n) is 10.6. The number of benzene rings is 1. The van der Waals surface area contributed by atoms with Gasteiger partial charge in [0.2, 0.25) is 6.20 Å². The maximum Gasteiger partial charge on any atom is 0.407 e. The van der Waals surface area contributed by atoms with E-state index in [1.54, 1.807) is 6.07 Å². The van der Waals surface area contributed by atoms with E-state index in [1.807, 2.05) is 43.4 Å². The summed E-state index contributed by atoms with van der Waals surface area (Å²) in [5.74, 6) is -0.978. The Balaban J connectivity index is 1.62. The minimum Gasteiger partial charge on any atom is -0.619 e. The Morgan fingerprint density at radius 1 is 1.19 bits per heavy atom. The Hall–Kier alpha value is -2.67. The monoisotopic (exact) mass is 612 g/mol. The quantitative estimate of drug-likeness (QED) is 0.274. The van der Waals surface area contributed by atoms with Crippen molar-refractivity contribution >= 4 is 46.0 Å². The Kier molecular flexibility index (Phi) is 6.84. The van der Waals surface area contributed by atoms with Crippen LogP contribution >= 0.6 is 22.6 Å². The fraction of sp³-hybridized carbons (Fsp3) is 0.480. The number of aromatic nitrogens is 1. The second-order valence-corrected chi connectivity index (χ2v) is 11.8. The highest BCUT2D eigenvalue weighted by molar-refractivity contribution is 14.1. The van der Waals surface area contributed by atoms with Crippen LogP contribution in [-0.2, 0) is 0 Å². The smallest absolute Gasteiger partial charge is 0.407 e. The van der Waals surface area contributed by atoms with Crippen molar-refractivity contribution in [3.05, 3.63) is 56.8 Å². The average Bonchev–Trinajstić information content (AvgIpc) is 2.77. The van der Waals surface area contributed by atoms with Gasteiger partial charge in [0.15, 0.2) is 6.20 Å². The van der Waals surface area contributed by atoms with Gasteiger partial charge in [0.05, 0.1) is 29.9 Å². The molecule has 1 aromatic carbocycles. The van der Waals surface area contributed by atoms with Crippen LogP contribution in [0.2, 0.25) is 0 Å². The van der Waals surface area contributed by atoms with Crippen LogP contribution in [0.15, 0.2) is 36.7 Å². The number of carboxylic acid groups (broad SMARTS) is 1. The van der Waals surface area contributed by atoms with Crippen LogP contribution in [0.1, 0.15) is 50.4 Å². The molecule has 2 amide bonds. The number of hydrogen-bond donors (Lipinski definition) is 3. The molecule has 3 N–H and O–H groups in total. The number of aliphatic hydroxyl groups is 1. The van der Waals surface area contributed by atoms with Gasteiger partial charge in [-0.2, -0.15) is 4.73 Å². The average molecular weight is 612 g/mol. The van der Waals surface area contributed by atoms with Crippen molar-refractivity contribution in [1.82, 2.24) is 9.80 Å². The standard InChI is InChI=1S/C25H30FIN4O5/c1-23(2,3)25(9-4-5-10-31(25)22(33)34)24(35)14-29(15-24)21(32)17-8-11-30(36)13-20(17)28-19-7-6-16(27)12-18(19)26/h6-8,11-13,28,35H,4-5,9-10,14-15H2,1-3H3,(H,33,34)/t25-/m0/s1. The summed E-state index contributed by atoms with van der Waals surface area (Å²) in [6, 6.07) is 5.90. The van der Waals surface area contributed by atoms with Crippen LogP contribution < -0.4 is 10.0 Å². The molecule has 0 bridgehead atoms. The molecule has 9 nitrogen and oxygen atoms in total. The molecule has 194 valence electrons. The molecule has 2 aliphatic rings. The molecule has 0 saturated carbocycles. The first-order chi connectivity index (χ1) is 16.8. The van der Waals surface area contributed by atoms with Gasteiger partial charge in [0, 0.05) is 16.2 Å². The predicted molar refractivity (Wildman–Crippen MR) is 139 cm³/mol. The summed E-state index contributed by atoms with van der Waals surface area (Å²) >= 11 is 1.98. The highest BCUT2D eigenvalue weighted by atomic mass is 127. The van der Waals surface area contributed by atoms with Gasteiger partial charge in [-0.1, -0.05) is 20.8 Å². The Labute approximate surface area is 222 Å².